The summed E-state index contributed by atoms with van der Waals surface area (Å²) in [6.45, 7) is 0.467. The monoisotopic (exact) mass is 265 g/mol. The summed E-state index contributed by atoms with van der Waals surface area (Å²) >= 11 is 0. The lowest BCUT2D eigenvalue weighted by Gasteiger charge is -2.13. The fraction of sp³-hybridized carbons (Fsp3) is 0.118. The number of anilines is 1. The van der Waals surface area contributed by atoms with Crippen LogP contribution in [0.5, 0.6) is 0 Å². The number of carbonyl (C=O) groups is 1. The third kappa shape index (κ3) is 2.78. The Labute approximate surface area is 118 Å². The number of amides is 1. The summed E-state index contributed by atoms with van der Waals surface area (Å²) in [5.74, 6) is 0.0116. The number of nitrogens with zero attached hydrogens (tertiary/aromatic N) is 1. The highest BCUT2D eigenvalue weighted by atomic mass is 16.7. The van der Waals surface area contributed by atoms with E-state index >= 15 is 0 Å². The molecule has 1 heterocycles. The number of benzene rings is 2. The minimum atomic E-state index is 0.0116. The predicted molar refractivity (Wildman–Crippen MR) is 79.9 cm³/mol. The molecule has 1 amide bonds. The summed E-state index contributed by atoms with van der Waals surface area (Å²) in [5, 5.41) is 1.37. The van der Waals surface area contributed by atoms with E-state index < -0.39 is 0 Å². The van der Waals surface area contributed by atoms with Crippen LogP contribution in [0.2, 0.25) is 0 Å². The molecule has 100 valence electrons. The SMILES string of the molecule is O=C1CCON1c1ccc(/C=C/c2ccccc2)cc1. The van der Waals surface area contributed by atoms with Gasteiger partial charge >= 0.3 is 0 Å². The van der Waals surface area contributed by atoms with Crippen molar-refractivity contribution in [1.82, 2.24) is 0 Å². The van der Waals surface area contributed by atoms with Gasteiger partial charge in [-0.2, -0.15) is 5.06 Å². The molecule has 0 radical (unpaired) electrons. The van der Waals surface area contributed by atoms with E-state index in [9.17, 15) is 4.79 Å². The summed E-state index contributed by atoms with van der Waals surface area (Å²) in [4.78, 5) is 16.8. The third-order valence-electron chi connectivity index (χ3n) is 3.16. The van der Waals surface area contributed by atoms with E-state index in [1.54, 1.807) is 0 Å². The molecule has 0 bridgehead atoms. The van der Waals surface area contributed by atoms with Gasteiger partial charge in [0.05, 0.1) is 18.7 Å². The lowest BCUT2D eigenvalue weighted by atomic mass is 10.1. The van der Waals surface area contributed by atoms with Crippen molar-refractivity contribution >= 4 is 23.7 Å². The van der Waals surface area contributed by atoms with E-state index in [1.165, 1.54) is 5.06 Å². The Kier molecular flexibility index (Phi) is 3.61. The van der Waals surface area contributed by atoms with E-state index in [2.05, 4.69) is 18.2 Å². The quantitative estimate of drug-likeness (QED) is 0.795. The average Bonchev–Trinajstić information content (AvgIpc) is 2.93. The molecule has 20 heavy (non-hydrogen) atoms. The van der Waals surface area contributed by atoms with Crippen LogP contribution >= 0.6 is 0 Å². The molecule has 0 aliphatic carbocycles. The van der Waals surface area contributed by atoms with Crippen LogP contribution in [0.15, 0.2) is 54.6 Å². The third-order valence-corrected chi connectivity index (χ3v) is 3.16. The molecule has 3 nitrogen and oxygen atoms in total. The molecule has 2 aromatic carbocycles. The van der Waals surface area contributed by atoms with Crippen molar-refractivity contribution in [2.75, 3.05) is 11.7 Å². The second-order valence-electron chi connectivity index (χ2n) is 4.61. The highest BCUT2D eigenvalue weighted by molar-refractivity contribution is 5.92. The van der Waals surface area contributed by atoms with Gasteiger partial charge in [0.1, 0.15) is 0 Å². The van der Waals surface area contributed by atoms with Gasteiger partial charge in [0.15, 0.2) is 0 Å². The summed E-state index contributed by atoms with van der Waals surface area (Å²) < 4.78 is 0. The maximum absolute atomic E-state index is 11.6. The fourth-order valence-corrected chi connectivity index (χ4v) is 2.09. The topological polar surface area (TPSA) is 29.5 Å². The Morgan fingerprint density at radius 2 is 1.55 bits per heavy atom. The molecule has 1 saturated heterocycles. The van der Waals surface area contributed by atoms with E-state index in [-0.39, 0.29) is 5.91 Å². The van der Waals surface area contributed by atoms with E-state index in [1.807, 2.05) is 48.5 Å². The van der Waals surface area contributed by atoms with Crippen LogP contribution in [0.3, 0.4) is 0 Å². The molecule has 3 heteroatoms. The van der Waals surface area contributed by atoms with Crippen LogP contribution in [-0.2, 0) is 9.63 Å². The van der Waals surface area contributed by atoms with Crippen molar-refractivity contribution in [3.8, 4) is 0 Å². The molecule has 3 rings (SSSR count). The zero-order valence-corrected chi connectivity index (χ0v) is 11.0. The van der Waals surface area contributed by atoms with E-state index in [4.69, 9.17) is 4.84 Å². The van der Waals surface area contributed by atoms with Crippen molar-refractivity contribution in [3.05, 3.63) is 65.7 Å². The van der Waals surface area contributed by atoms with Crippen LogP contribution in [-0.4, -0.2) is 12.5 Å². The first-order chi connectivity index (χ1) is 9.83. The first-order valence-corrected chi connectivity index (χ1v) is 6.62. The van der Waals surface area contributed by atoms with Crippen LogP contribution in [0, 0.1) is 0 Å². The molecular formula is C17H15NO2. The highest BCUT2D eigenvalue weighted by Gasteiger charge is 2.22. The van der Waals surface area contributed by atoms with Crippen molar-refractivity contribution in [3.63, 3.8) is 0 Å². The van der Waals surface area contributed by atoms with Gasteiger partial charge in [0.2, 0.25) is 0 Å². The first-order valence-electron chi connectivity index (χ1n) is 6.62. The summed E-state index contributed by atoms with van der Waals surface area (Å²) in [7, 11) is 0. The lowest BCUT2D eigenvalue weighted by molar-refractivity contribution is -0.119. The van der Waals surface area contributed by atoms with Gasteiger partial charge in [0.25, 0.3) is 5.91 Å². The highest BCUT2D eigenvalue weighted by Crippen LogP contribution is 2.21. The van der Waals surface area contributed by atoms with Crippen molar-refractivity contribution in [1.29, 1.82) is 0 Å². The molecule has 1 aliphatic rings. The van der Waals surface area contributed by atoms with E-state index in [0.717, 1.165) is 16.8 Å². The summed E-state index contributed by atoms with van der Waals surface area (Å²) in [5.41, 5.74) is 3.03. The maximum atomic E-state index is 11.6. The molecule has 0 aromatic heterocycles. The van der Waals surface area contributed by atoms with Gasteiger partial charge in [0, 0.05) is 0 Å². The minimum Gasteiger partial charge on any atom is -0.272 e. The first kappa shape index (κ1) is 12.6. The number of carbonyl (C=O) groups excluding carboxylic acids is 1. The zero-order valence-electron chi connectivity index (χ0n) is 11.0. The number of hydroxylamine groups is 1. The van der Waals surface area contributed by atoms with Gasteiger partial charge in [-0.05, 0) is 23.3 Å². The smallest absolute Gasteiger partial charge is 0.253 e. The average molecular weight is 265 g/mol. The standard InChI is InChI=1S/C17H15NO2/c19-17-12-13-20-18(17)16-10-8-15(9-11-16)7-6-14-4-2-1-3-5-14/h1-11H,12-13H2/b7-6+. The van der Waals surface area contributed by atoms with Gasteiger partial charge < -0.3 is 0 Å². The second-order valence-corrected chi connectivity index (χ2v) is 4.61. The molecule has 2 aromatic rings. The summed E-state index contributed by atoms with van der Waals surface area (Å²) in [6, 6.07) is 17.9. The molecule has 0 N–H and O–H groups in total. The largest absolute Gasteiger partial charge is 0.272 e. The number of hydrogen-bond donors (Lipinski definition) is 0. The van der Waals surface area contributed by atoms with Crippen molar-refractivity contribution in [2.24, 2.45) is 0 Å². The second kappa shape index (κ2) is 5.72. The fourth-order valence-electron chi connectivity index (χ4n) is 2.09. The molecule has 0 unspecified atom stereocenters. The Hall–Kier alpha value is -2.39. The van der Waals surface area contributed by atoms with Crippen LogP contribution in [0.25, 0.3) is 12.2 Å². The summed E-state index contributed by atoms with van der Waals surface area (Å²) in [6.07, 6.45) is 4.56. The Balaban J connectivity index is 1.73. The van der Waals surface area contributed by atoms with E-state index in [0.29, 0.717) is 13.0 Å². The van der Waals surface area contributed by atoms with Gasteiger partial charge in [-0.1, -0.05) is 54.6 Å². The molecule has 0 saturated carbocycles. The van der Waals surface area contributed by atoms with Gasteiger partial charge in [-0.3, -0.25) is 9.63 Å². The van der Waals surface area contributed by atoms with Crippen LogP contribution < -0.4 is 5.06 Å². The molecule has 1 fully saturated rings. The van der Waals surface area contributed by atoms with Gasteiger partial charge in [-0.25, -0.2) is 0 Å². The Morgan fingerprint density at radius 3 is 2.15 bits per heavy atom. The molecule has 0 spiro atoms. The lowest BCUT2D eigenvalue weighted by Crippen LogP contribution is -2.21. The van der Waals surface area contributed by atoms with Crippen LogP contribution in [0.1, 0.15) is 17.5 Å². The Bertz CT molecular complexity index is 617. The molecule has 0 atom stereocenters. The van der Waals surface area contributed by atoms with Crippen LogP contribution in [0.4, 0.5) is 5.69 Å². The predicted octanol–water partition coefficient (Wildman–Crippen LogP) is 3.53. The Morgan fingerprint density at radius 1 is 0.900 bits per heavy atom. The van der Waals surface area contributed by atoms with Crippen molar-refractivity contribution in [2.45, 2.75) is 6.42 Å². The maximum Gasteiger partial charge on any atom is 0.253 e. The minimum absolute atomic E-state index is 0.0116. The van der Waals surface area contributed by atoms with Gasteiger partial charge in [-0.15, -0.1) is 0 Å². The zero-order chi connectivity index (χ0) is 13.8. The molecule has 1 aliphatic heterocycles. The number of hydrogen-bond acceptors (Lipinski definition) is 2. The number of rotatable bonds is 3. The molecular weight excluding hydrogens is 250 g/mol. The normalized spacial score (nSPS) is 15.2. The van der Waals surface area contributed by atoms with Crippen molar-refractivity contribution < 1.29 is 9.63 Å².